The van der Waals surface area contributed by atoms with Crippen LogP contribution in [0.3, 0.4) is 0 Å². The summed E-state index contributed by atoms with van der Waals surface area (Å²) in [5.41, 5.74) is -0.0775. The number of aliphatic carboxylic acids is 1. The van der Waals surface area contributed by atoms with E-state index in [1.165, 1.54) is 6.42 Å². The van der Waals surface area contributed by atoms with Gasteiger partial charge < -0.3 is 5.11 Å². The Bertz CT molecular complexity index is 101. The van der Waals surface area contributed by atoms with E-state index < -0.39 is 5.97 Å². The van der Waals surface area contributed by atoms with Gasteiger partial charge in [0.15, 0.2) is 0 Å². The van der Waals surface area contributed by atoms with Gasteiger partial charge in [0.2, 0.25) is 0 Å². The van der Waals surface area contributed by atoms with Crippen molar-refractivity contribution < 1.29 is 9.90 Å². The van der Waals surface area contributed by atoms with Gasteiger partial charge in [-0.1, -0.05) is 41.0 Å². The topological polar surface area (TPSA) is 37.3 Å². The summed E-state index contributed by atoms with van der Waals surface area (Å²) < 4.78 is 0. The Morgan fingerprint density at radius 3 is 1.55 bits per heavy atom. The van der Waals surface area contributed by atoms with E-state index in [-0.39, 0.29) is 11.8 Å². The van der Waals surface area contributed by atoms with E-state index in [0.29, 0.717) is 0 Å². The van der Waals surface area contributed by atoms with Crippen molar-refractivity contribution >= 4 is 5.97 Å². The monoisotopic (exact) mass is 160 g/mol. The van der Waals surface area contributed by atoms with Crippen LogP contribution in [0.15, 0.2) is 0 Å². The molecule has 0 heterocycles. The van der Waals surface area contributed by atoms with Crippen LogP contribution in [0.4, 0.5) is 0 Å². The average molecular weight is 160 g/mol. The van der Waals surface area contributed by atoms with Crippen molar-refractivity contribution in [2.24, 2.45) is 5.41 Å². The zero-order chi connectivity index (χ0) is 9.49. The molecule has 2 nitrogen and oxygen atoms in total. The van der Waals surface area contributed by atoms with Crippen molar-refractivity contribution in [3.8, 4) is 0 Å². The first kappa shape index (κ1) is 13.1. The zero-order valence-electron chi connectivity index (χ0n) is 8.27. The van der Waals surface area contributed by atoms with Crippen LogP contribution in [0.2, 0.25) is 0 Å². The Hall–Kier alpha value is -0.530. The second-order valence-electron chi connectivity index (χ2n) is 3.84. The van der Waals surface area contributed by atoms with Crippen molar-refractivity contribution in [3.63, 3.8) is 0 Å². The average Bonchev–Trinajstić information content (AvgIpc) is 1.57. The van der Waals surface area contributed by atoms with Crippen LogP contribution in [0.1, 0.15) is 47.5 Å². The Kier molecular flexibility index (Phi) is 7.37. The molecule has 0 atom stereocenters. The van der Waals surface area contributed by atoms with Gasteiger partial charge in [-0.05, 0) is 5.41 Å². The summed E-state index contributed by atoms with van der Waals surface area (Å²) in [5.74, 6) is -0.725. The van der Waals surface area contributed by atoms with Crippen LogP contribution < -0.4 is 0 Å². The molecule has 0 aliphatic carbocycles. The van der Waals surface area contributed by atoms with Gasteiger partial charge in [0, 0.05) is 0 Å². The highest BCUT2D eigenvalue weighted by molar-refractivity contribution is 5.67. The van der Waals surface area contributed by atoms with Crippen LogP contribution in [0.5, 0.6) is 0 Å². The molecule has 2 heteroatoms. The summed E-state index contributed by atoms with van der Waals surface area (Å²) in [6, 6.07) is 0. The summed E-state index contributed by atoms with van der Waals surface area (Å²) in [6.45, 7) is 9.96. The van der Waals surface area contributed by atoms with Crippen LogP contribution >= 0.6 is 0 Å². The molecule has 0 spiro atoms. The summed E-state index contributed by atoms with van der Waals surface area (Å²) >= 11 is 0. The minimum atomic E-state index is -0.725. The molecule has 0 fully saturated rings. The maximum atomic E-state index is 10.0. The fraction of sp³-hybridized carbons (Fsp3) is 0.889. The van der Waals surface area contributed by atoms with Gasteiger partial charge >= 0.3 is 5.97 Å². The van der Waals surface area contributed by atoms with Gasteiger partial charge in [-0.15, -0.1) is 0 Å². The highest BCUT2D eigenvalue weighted by atomic mass is 16.4. The molecule has 0 bridgehead atoms. The number of carboxylic acids is 1. The van der Waals surface area contributed by atoms with E-state index in [4.69, 9.17) is 5.11 Å². The second kappa shape index (κ2) is 6.20. The molecule has 0 aromatic rings. The highest BCUT2D eigenvalue weighted by Gasteiger charge is 2.13. The molecule has 0 saturated heterocycles. The second-order valence-corrected chi connectivity index (χ2v) is 3.84. The largest absolute Gasteiger partial charge is 0.481 e. The fourth-order valence-electron chi connectivity index (χ4n) is 0.454. The van der Waals surface area contributed by atoms with E-state index in [9.17, 15) is 4.79 Å². The van der Waals surface area contributed by atoms with Crippen molar-refractivity contribution in [2.75, 3.05) is 0 Å². The predicted octanol–water partition coefficient (Wildman–Crippen LogP) is 2.92. The first-order valence-electron chi connectivity index (χ1n) is 4.05. The van der Waals surface area contributed by atoms with Crippen LogP contribution in [-0.4, -0.2) is 11.1 Å². The smallest absolute Gasteiger partial charge is 0.303 e. The Morgan fingerprint density at radius 1 is 1.27 bits per heavy atom. The molecule has 68 valence electrons. The predicted molar refractivity (Wildman–Crippen MR) is 47.7 cm³/mol. The summed E-state index contributed by atoms with van der Waals surface area (Å²) in [5, 5.41) is 8.25. The third-order valence-electron chi connectivity index (χ3n) is 0.682. The molecule has 1 N–H and O–H groups in total. The Labute approximate surface area is 69.6 Å². The SMILES string of the molecule is CC(C)(C)CC(=O)O.CCC. The number of carbonyl (C=O) groups is 1. The lowest BCUT2D eigenvalue weighted by molar-refractivity contribution is -0.139. The maximum absolute atomic E-state index is 10.0. The molecule has 0 aliphatic rings. The van der Waals surface area contributed by atoms with Crippen LogP contribution in [-0.2, 0) is 4.79 Å². The Morgan fingerprint density at radius 2 is 1.55 bits per heavy atom. The molecule has 0 aromatic carbocycles. The first-order chi connectivity index (χ1) is 4.83. The molecule has 11 heavy (non-hydrogen) atoms. The quantitative estimate of drug-likeness (QED) is 0.640. The lowest BCUT2D eigenvalue weighted by Crippen LogP contribution is -2.11. The molecular formula is C9H20O2. The summed E-state index contributed by atoms with van der Waals surface area (Å²) in [7, 11) is 0. The van der Waals surface area contributed by atoms with E-state index in [0.717, 1.165) is 0 Å². The lowest BCUT2D eigenvalue weighted by atomic mass is 9.93. The molecule has 0 aliphatic heterocycles. The van der Waals surface area contributed by atoms with Gasteiger partial charge in [-0.3, -0.25) is 4.79 Å². The van der Waals surface area contributed by atoms with Crippen molar-refractivity contribution in [1.29, 1.82) is 0 Å². The number of rotatable bonds is 1. The molecule has 0 rings (SSSR count). The van der Waals surface area contributed by atoms with Gasteiger partial charge in [-0.25, -0.2) is 0 Å². The minimum Gasteiger partial charge on any atom is -0.481 e. The van der Waals surface area contributed by atoms with Crippen molar-refractivity contribution in [2.45, 2.75) is 47.5 Å². The lowest BCUT2D eigenvalue weighted by Gasteiger charge is -2.13. The minimum absolute atomic E-state index is 0.0775. The maximum Gasteiger partial charge on any atom is 0.303 e. The number of hydrogen-bond acceptors (Lipinski definition) is 1. The molecule has 0 radical (unpaired) electrons. The van der Waals surface area contributed by atoms with Crippen molar-refractivity contribution in [1.82, 2.24) is 0 Å². The standard InChI is InChI=1S/C6H12O2.C3H8/c1-6(2,3)4-5(7)8;1-3-2/h4H2,1-3H3,(H,7,8);3H2,1-2H3. The highest BCUT2D eigenvalue weighted by Crippen LogP contribution is 2.17. The summed E-state index contributed by atoms with van der Waals surface area (Å²) in [6.07, 6.45) is 1.49. The van der Waals surface area contributed by atoms with E-state index in [2.05, 4.69) is 13.8 Å². The van der Waals surface area contributed by atoms with Gasteiger partial charge in [0.1, 0.15) is 0 Å². The third kappa shape index (κ3) is 26.4. The molecule has 0 saturated carbocycles. The molecular weight excluding hydrogens is 140 g/mol. The zero-order valence-corrected chi connectivity index (χ0v) is 8.27. The van der Waals surface area contributed by atoms with Gasteiger partial charge in [0.05, 0.1) is 6.42 Å². The normalized spacial score (nSPS) is 9.91. The van der Waals surface area contributed by atoms with Crippen molar-refractivity contribution in [3.05, 3.63) is 0 Å². The van der Waals surface area contributed by atoms with Gasteiger partial charge in [0.25, 0.3) is 0 Å². The number of hydrogen-bond donors (Lipinski definition) is 1. The molecule has 0 amide bonds. The van der Waals surface area contributed by atoms with E-state index in [1.807, 2.05) is 20.8 Å². The van der Waals surface area contributed by atoms with E-state index >= 15 is 0 Å². The third-order valence-corrected chi connectivity index (χ3v) is 0.682. The van der Waals surface area contributed by atoms with Crippen LogP contribution in [0, 0.1) is 5.41 Å². The molecule has 0 unspecified atom stereocenters. The van der Waals surface area contributed by atoms with E-state index in [1.54, 1.807) is 0 Å². The fourth-order valence-corrected chi connectivity index (χ4v) is 0.454. The summed E-state index contributed by atoms with van der Waals surface area (Å²) in [4.78, 5) is 10.0. The number of carboxylic acid groups (broad SMARTS) is 1. The Balaban J connectivity index is 0. The first-order valence-corrected chi connectivity index (χ1v) is 4.05. The van der Waals surface area contributed by atoms with Gasteiger partial charge in [-0.2, -0.15) is 0 Å². The molecule has 0 aromatic heterocycles. The van der Waals surface area contributed by atoms with Crippen LogP contribution in [0.25, 0.3) is 0 Å².